The highest BCUT2D eigenvalue weighted by molar-refractivity contribution is 5.94. The van der Waals surface area contributed by atoms with Gasteiger partial charge in [-0.2, -0.15) is 0 Å². The average molecular weight is 373 g/mol. The van der Waals surface area contributed by atoms with Crippen LogP contribution in [0.5, 0.6) is 0 Å². The number of nitrogens with zero attached hydrogens (tertiary/aromatic N) is 2. The number of nitrogens with one attached hydrogen (secondary N) is 1. The van der Waals surface area contributed by atoms with Crippen molar-refractivity contribution in [2.24, 2.45) is 0 Å². The van der Waals surface area contributed by atoms with E-state index in [-0.39, 0.29) is 18.0 Å². The molecule has 1 atom stereocenters. The number of piperidine rings is 2. The summed E-state index contributed by atoms with van der Waals surface area (Å²) < 4.78 is 5.10. The Labute approximate surface area is 161 Å². The Morgan fingerprint density at radius 2 is 1.81 bits per heavy atom. The molecule has 1 aromatic rings. The summed E-state index contributed by atoms with van der Waals surface area (Å²) in [6.07, 6.45) is 3.86. The van der Waals surface area contributed by atoms with Gasteiger partial charge in [0, 0.05) is 37.3 Å². The number of benzene rings is 1. The molecule has 0 aromatic heterocycles. The predicted octanol–water partition coefficient (Wildman–Crippen LogP) is 2.81. The quantitative estimate of drug-likeness (QED) is 0.882. The zero-order chi connectivity index (χ0) is 19.2. The van der Waals surface area contributed by atoms with E-state index in [0.29, 0.717) is 12.6 Å². The van der Waals surface area contributed by atoms with Crippen LogP contribution in [0.25, 0.3) is 0 Å². The third-order valence-corrected chi connectivity index (χ3v) is 5.61. The van der Waals surface area contributed by atoms with Gasteiger partial charge in [-0.3, -0.25) is 9.69 Å². The van der Waals surface area contributed by atoms with Gasteiger partial charge in [0.1, 0.15) is 0 Å². The zero-order valence-electron chi connectivity index (χ0n) is 16.4. The Morgan fingerprint density at radius 1 is 1.11 bits per heavy atom. The molecule has 0 saturated carbocycles. The molecule has 0 spiro atoms. The molecule has 0 bridgehead atoms. The van der Waals surface area contributed by atoms with Crippen molar-refractivity contribution in [3.8, 4) is 0 Å². The lowest BCUT2D eigenvalue weighted by molar-refractivity contribution is 0.0601. The molecule has 27 heavy (non-hydrogen) atoms. The van der Waals surface area contributed by atoms with E-state index in [1.807, 2.05) is 38.1 Å². The van der Waals surface area contributed by atoms with Crippen LogP contribution in [-0.2, 0) is 4.74 Å². The number of ether oxygens (including phenoxy) is 1. The molecule has 0 radical (unpaired) electrons. The molecule has 2 aliphatic rings. The summed E-state index contributed by atoms with van der Waals surface area (Å²) in [4.78, 5) is 28.6. The largest absolute Gasteiger partial charge is 0.450 e. The Hall–Kier alpha value is -2.08. The van der Waals surface area contributed by atoms with E-state index in [9.17, 15) is 9.59 Å². The van der Waals surface area contributed by atoms with Gasteiger partial charge in [0.2, 0.25) is 0 Å². The number of likely N-dealkylation sites (tertiary alicyclic amines) is 2. The molecule has 0 unspecified atom stereocenters. The van der Waals surface area contributed by atoms with Crippen LogP contribution in [0.4, 0.5) is 4.79 Å². The summed E-state index contributed by atoms with van der Waals surface area (Å²) in [5, 5.41) is 3.20. The van der Waals surface area contributed by atoms with Crippen LogP contribution >= 0.6 is 0 Å². The standard InChI is InChI=1S/C21H31N3O3/c1-3-27-21(26)23-13-10-19(11-14-23)24-12-4-5-18(15-24)22-20(25)17-8-6-16(2)7-9-17/h6-9,18-19H,3-5,10-15H2,1-2H3,(H,22,25)/t18-/m1/s1. The van der Waals surface area contributed by atoms with E-state index in [2.05, 4.69) is 10.2 Å². The van der Waals surface area contributed by atoms with Crippen molar-refractivity contribution in [3.05, 3.63) is 35.4 Å². The fourth-order valence-corrected chi connectivity index (χ4v) is 4.06. The summed E-state index contributed by atoms with van der Waals surface area (Å²) in [6.45, 7) is 7.74. The van der Waals surface area contributed by atoms with Crippen LogP contribution in [0.2, 0.25) is 0 Å². The monoisotopic (exact) mass is 373 g/mol. The molecule has 2 amide bonds. The normalized spacial score (nSPS) is 21.7. The maximum absolute atomic E-state index is 12.5. The summed E-state index contributed by atoms with van der Waals surface area (Å²) in [5.41, 5.74) is 1.88. The molecule has 3 rings (SSSR count). The summed E-state index contributed by atoms with van der Waals surface area (Å²) >= 11 is 0. The van der Waals surface area contributed by atoms with E-state index in [1.54, 1.807) is 4.90 Å². The SMILES string of the molecule is CCOC(=O)N1CCC(N2CCC[C@@H](NC(=O)c3ccc(C)cc3)C2)CC1. The maximum atomic E-state index is 12.5. The highest BCUT2D eigenvalue weighted by Crippen LogP contribution is 2.22. The van der Waals surface area contributed by atoms with E-state index in [1.165, 1.54) is 0 Å². The van der Waals surface area contributed by atoms with Gasteiger partial charge in [-0.05, 0) is 58.2 Å². The van der Waals surface area contributed by atoms with Gasteiger partial charge >= 0.3 is 6.09 Å². The van der Waals surface area contributed by atoms with Gasteiger partial charge in [0.05, 0.1) is 6.61 Å². The molecular formula is C21H31N3O3. The van der Waals surface area contributed by atoms with Gasteiger partial charge in [-0.1, -0.05) is 17.7 Å². The smallest absolute Gasteiger partial charge is 0.409 e. The van der Waals surface area contributed by atoms with Crippen LogP contribution in [-0.4, -0.2) is 66.7 Å². The number of carbonyl (C=O) groups excluding carboxylic acids is 2. The first-order valence-corrected chi connectivity index (χ1v) is 10.1. The first kappa shape index (κ1) is 19.7. The van der Waals surface area contributed by atoms with Gasteiger partial charge in [-0.15, -0.1) is 0 Å². The lowest BCUT2D eigenvalue weighted by atomic mass is 9.98. The van der Waals surface area contributed by atoms with E-state index >= 15 is 0 Å². The number of amides is 2. The first-order chi connectivity index (χ1) is 13.1. The fourth-order valence-electron chi connectivity index (χ4n) is 4.06. The minimum absolute atomic E-state index is 0.0129. The topological polar surface area (TPSA) is 61.9 Å². The van der Waals surface area contributed by atoms with Crippen molar-refractivity contribution in [2.75, 3.05) is 32.8 Å². The number of hydrogen-bond acceptors (Lipinski definition) is 4. The highest BCUT2D eigenvalue weighted by atomic mass is 16.6. The minimum atomic E-state index is -0.196. The molecule has 6 nitrogen and oxygen atoms in total. The fraction of sp³-hybridized carbons (Fsp3) is 0.619. The van der Waals surface area contributed by atoms with Crippen molar-refractivity contribution in [1.29, 1.82) is 0 Å². The highest BCUT2D eigenvalue weighted by Gasteiger charge is 2.31. The number of aryl methyl sites for hydroxylation is 1. The van der Waals surface area contributed by atoms with Crippen LogP contribution in [0.3, 0.4) is 0 Å². The second kappa shape index (κ2) is 9.22. The van der Waals surface area contributed by atoms with Gasteiger partial charge in [0.25, 0.3) is 5.91 Å². The third-order valence-electron chi connectivity index (χ3n) is 5.61. The second-order valence-corrected chi connectivity index (χ2v) is 7.59. The molecule has 0 aliphatic carbocycles. The maximum Gasteiger partial charge on any atom is 0.409 e. The number of carbonyl (C=O) groups is 2. The molecule has 2 saturated heterocycles. The van der Waals surface area contributed by atoms with E-state index < -0.39 is 0 Å². The molecule has 1 N–H and O–H groups in total. The Kier molecular flexibility index (Phi) is 6.72. The van der Waals surface area contributed by atoms with Gasteiger partial charge in [-0.25, -0.2) is 4.79 Å². The van der Waals surface area contributed by atoms with Crippen LogP contribution < -0.4 is 5.32 Å². The lowest BCUT2D eigenvalue weighted by Gasteiger charge is -2.42. The summed E-state index contributed by atoms with van der Waals surface area (Å²) in [5.74, 6) is 0.0129. The van der Waals surface area contributed by atoms with E-state index in [0.717, 1.165) is 63.0 Å². The van der Waals surface area contributed by atoms with Crippen LogP contribution in [0.15, 0.2) is 24.3 Å². The third kappa shape index (κ3) is 5.22. The van der Waals surface area contributed by atoms with Gasteiger partial charge < -0.3 is 15.0 Å². The van der Waals surface area contributed by atoms with E-state index in [4.69, 9.17) is 4.74 Å². The molecule has 148 valence electrons. The minimum Gasteiger partial charge on any atom is -0.450 e. The van der Waals surface area contributed by atoms with Crippen LogP contribution in [0, 0.1) is 6.92 Å². The van der Waals surface area contributed by atoms with Crippen molar-refractivity contribution in [1.82, 2.24) is 15.1 Å². The molecule has 2 aliphatic heterocycles. The molecule has 2 fully saturated rings. The summed E-state index contributed by atoms with van der Waals surface area (Å²) in [6, 6.07) is 8.39. The Morgan fingerprint density at radius 3 is 2.48 bits per heavy atom. The first-order valence-electron chi connectivity index (χ1n) is 10.1. The predicted molar refractivity (Wildman–Crippen MR) is 105 cm³/mol. The molecular weight excluding hydrogens is 342 g/mol. The van der Waals surface area contributed by atoms with Crippen molar-refractivity contribution in [3.63, 3.8) is 0 Å². The lowest BCUT2D eigenvalue weighted by Crippen LogP contribution is -2.54. The second-order valence-electron chi connectivity index (χ2n) is 7.59. The summed E-state index contributed by atoms with van der Waals surface area (Å²) in [7, 11) is 0. The Balaban J connectivity index is 1.49. The Bertz CT molecular complexity index is 639. The van der Waals surface area contributed by atoms with Gasteiger partial charge in [0.15, 0.2) is 0 Å². The molecule has 1 aromatic carbocycles. The van der Waals surface area contributed by atoms with Crippen LogP contribution in [0.1, 0.15) is 48.5 Å². The zero-order valence-corrected chi connectivity index (χ0v) is 16.4. The molecule has 6 heteroatoms. The number of rotatable bonds is 4. The number of hydrogen-bond donors (Lipinski definition) is 1. The average Bonchev–Trinajstić information content (AvgIpc) is 2.69. The molecule has 2 heterocycles. The van der Waals surface area contributed by atoms with Crippen molar-refractivity contribution < 1.29 is 14.3 Å². The van der Waals surface area contributed by atoms with Crippen molar-refractivity contribution >= 4 is 12.0 Å². The van der Waals surface area contributed by atoms with Crippen molar-refractivity contribution in [2.45, 2.75) is 51.6 Å².